The predicted octanol–water partition coefficient (Wildman–Crippen LogP) is 4.60. The zero-order chi connectivity index (χ0) is 22.1. The van der Waals surface area contributed by atoms with Crippen LogP contribution in [0.25, 0.3) is 11.3 Å². The lowest BCUT2D eigenvalue weighted by molar-refractivity contribution is 0.152. The molecule has 5 heterocycles. The summed E-state index contributed by atoms with van der Waals surface area (Å²) < 4.78 is 5.59. The van der Waals surface area contributed by atoms with Crippen LogP contribution in [0.3, 0.4) is 0 Å². The Balaban J connectivity index is 1.39. The Morgan fingerprint density at radius 1 is 0.938 bits per heavy atom. The molecule has 6 nitrogen and oxygen atoms in total. The summed E-state index contributed by atoms with van der Waals surface area (Å²) >= 11 is 6.52. The second-order valence-electron chi connectivity index (χ2n) is 8.60. The molecular formula is C25H28ClN5O. The largest absolute Gasteiger partial charge is 0.380 e. The molecule has 0 aliphatic carbocycles. The first kappa shape index (κ1) is 21.2. The van der Waals surface area contributed by atoms with Crippen molar-refractivity contribution >= 4 is 23.2 Å². The van der Waals surface area contributed by atoms with Crippen LogP contribution >= 0.6 is 11.6 Å². The molecule has 0 spiro atoms. The third-order valence-electron chi connectivity index (χ3n) is 6.21. The number of fused-ring (bicyclic) bond motifs is 1. The lowest BCUT2D eigenvalue weighted by Crippen LogP contribution is -2.33. The fourth-order valence-electron chi connectivity index (χ4n) is 4.53. The molecule has 2 aliphatic rings. The lowest BCUT2D eigenvalue weighted by Gasteiger charge is -2.31. The van der Waals surface area contributed by atoms with Gasteiger partial charge in [0.2, 0.25) is 0 Å². The normalized spacial score (nSPS) is 16.6. The maximum Gasteiger partial charge on any atom is 0.129 e. The number of pyridine rings is 3. The first-order chi connectivity index (χ1) is 15.6. The third kappa shape index (κ3) is 4.30. The molecule has 32 heavy (non-hydrogen) atoms. The topological polar surface area (TPSA) is 54.4 Å². The number of hydrogen-bond donors (Lipinski definition) is 0. The van der Waals surface area contributed by atoms with Gasteiger partial charge in [0.15, 0.2) is 0 Å². The molecule has 0 atom stereocenters. The minimum Gasteiger partial charge on any atom is -0.380 e. The molecule has 1 fully saturated rings. The van der Waals surface area contributed by atoms with E-state index in [0.29, 0.717) is 5.02 Å². The number of halogens is 1. The van der Waals surface area contributed by atoms with Crippen molar-refractivity contribution in [3.63, 3.8) is 0 Å². The van der Waals surface area contributed by atoms with Crippen LogP contribution in [0.5, 0.6) is 0 Å². The maximum absolute atomic E-state index is 6.52. The number of anilines is 2. The summed E-state index contributed by atoms with van der Waals surface area (Å²) in [6.07, 6.45) is 5.57. The standard InChI is InChI=1S/C25H28ClN5O/c1-17-12-18(2)25(28-14-17)20-13-24(27-15-21(20)26)31-8-6-22-19(16-31)4-5-23(29-22)30-7-3-10-32-11-9-30/h4-5,12-15H,3,6-11,16H2,1-2H3. The van der Waals surface area contributed by atoms with Crippen molar-refractivity contribution in [1.82, 2.24) is 15.0 Å². The van der Waals surface area contributed by atoms with E-state index in [9.17, 15) is 0 Å². The van der Waals surface area contributed by atoms with Gasteiger partial charge in [-0.3, -0.25) is 4.98 Å². The smallest absolute Gasteiger partial charge is 0.129 e. The van der Waals surface area contributed by atoms with Crippen LogP contribution in [-0.2, 0) is 17.7 Å². The van der Waals surface area contributed by atoms with Gasteiger partial charge >= 0.3 is 0 Å². The number of rotatable bonds is 3. The Labute approximate surface area is 194 Å². The van der Waals surface area contributed by atoms with E-state index in [-0.39, 0.29) is 0 Å². The van der Waals surface area contributed by atoms with Gasteiger partial charge in [0.05, 0.1) is 17.3 Å². The van der Waals surface area contributed by atoms with Crippen molar-refractivity contribution in [2.45, 2.75) is 33.2 Å². The summed E-state index contributed by atoms with van der Waals surface area (Å²) in [5, 5.41) is 0.623. The van der Waals surface area contributed by atoms with Crippen molar-refractivity contribution in [2.75, 3.05) is 42.6 Å². The first-order valence-electron chi connectivity index (χ1n) is 11.2. The van der Waals surface area contributed by atoms with E-state index >= 15 is 0 Å². The second kappa shape index (κ2) is 9.04. The van der Waals surface area contributed by atoms with E-state index in [1.165, 1.54) is 11.3 Å². The van der Waals surface area contributed by atoms with E-state index in [2.05, 4.69) is 57.9 Å². The minimum atomic E-state index is 0.623. The summed E-state index contributed by atoms with van der Waals surface area (Å²) in [7, 11) is 0. The Kier molecular flexibility index (Phi) is 5.98. The van der Waals surface area contributed by atoms with E-state index in [0.717, 1.165) is 86.3 Å². The van der Waals surface area contributed by atoms with Crippen molar-refractivity contribution in [2.24, 2.45) is 0 Å². The van der Waals surface area contributed by atoms with Crippen LogP contribution in [0.1, 0.15) is 28.8 Å². The van der Waals surface area contributed by atoms with Crippen LogP contribution in [0.2, 0.25) is 5.02 Å². The van der Waals surface area contributed by atoms with E-state index < -0.39 is 0 Å². The summed E-state index contributed by atoms with van der Waals surface area (Å²) in [5.74, 6) is 1.99. The molecule has 0 radical (unpaired) electrons. The number of nitrogens with zero attached hydrogens (tertiary/aromatic N) is 5. The van der Waals surface area contributed by atoms with E-state index in [4.69, 9.17) is 21.3 Å². The average Bonchev–Trinajstić information content (AvgIpc) is 3.09. The SMILES string of the molecule is Cc1cnc(-c2cc(N3CCc4nc(N5CCCOCC5)ccc4C3)ncc2Cl)c(C)c1. The van der Waals surface area contributed by atoms with Gasteiger partial charge in [-0.1, -0.05) is 23.7 Å². The second-order valence-corrected chi connectivity index (χ2v) is 9.01. The Morgan fingerprint density at radius 3 is 2.72 bits per heavy atom. The van der Waals surface area contributed by atoms with Crippen LogP contribution in [0.15, 0.2) is 36.7 Å². The molecule has 0 N–H and O–H groups in total. The lowest BCUT2D eigenvalue weighted by atomic mass is 10.0. The van der Waals surface area contributed by atoms with Crippen molar-refractivity contribution in [1.29, 1.82) is 0 Å². The Morgan fingerprint density at radius 2 is 1.84 bits per heavy atom. The van der Waals surface area contributed by atoms with Gasteiger partial charge in [0, 0.05) is 62.9 Å². The monoisotopic (exact) mass is 449 g/mol. The fourth-order valence-corrected chi connectivity index (χ4v) is 4.72. The highest BCUT2D eigenvalue weighted by atomic mass is 35.5. The highest BCUT2D eigenvalue weighted by Gasteiger charge is 2.22. The molecule has 0 amide bonds. The minimum absolute atomic E-state index is 0.623. The first-order valence-corrected chi connectivity index (χ1v) is 11.6. The van der Waals surface area contributed by atoms with Gasteiger partial charge in [-0.15, -0.1) is 0 Å². The van der Waals surface area contributed by atoms with Gasteiger partial charge in [-0.05, 0) is 49.1 Å². The summed E-state index contributed by atoms with van der Waals surface area (Å²) in [4.78, 5) is 18.9. The summed E-state index contributed by atoms with van der Waals surface area (Å²) in [5.41, 5.74) is 6.54. The molecule has 1 saturated heterocycles. The predicted molar refractivity (Wildman–Crippen MR) is 129 cm³/mol. The van der Waals surface area contributed by atoms with Gasteiger partial charge in [-0.25, -0.2) is 9.97 Å². The zero-order valence-corrected chi connectivity index (χ0v) is 19.4. The van der Waals surface area contributed by atoms with Crippen molar-refractivity contribution < 1.29 is 4.74 Å². The highest BCUT2D eigenvalue weighted by molar-refractivity contribution is 6.33. The van der Waals surface area contributed by atoms with Gasteiger partial charge in [-0.2, -0.15) is 0 Å². The number of hydrogen-bond acceptors (Lipinski definition) is 6. The number of aromatic nitrogens is 3. The third-order valence-corrected chi connectivity index (χ3v) is 6.52. The molecule has 0 bridgehead atoms. The summed E-state index contributed by atoms with van der Waals surface area (Å²) in [6.45, 7) is 9.30. The van der Waals surface area contributed by atoms with Crippen LogP contribution < -0.4 is 9.80 Å². The van der Waals surface area contributed by atoms with Gasteiger partial charge in [0.25, 0.3) is 0 Å². The zero-order valence-electron chi connectivity index (χ0n) is 18.6. The molecular weight excluding hydrogens is 422 g/mol. The van der Waals surface area contributed by atoms with Crippen LogP contribution in [0.4, 0.5) is 11.6 Å². The fraction of sp³-hybridized carbons (Fsp3) is 0.400. The molecule has 2 aliphatic heterocycles. The number of ether oxygens (including phenoxy) is 1. The molecule has 166 valence electrons. The Hall–Kier alpha value is -2.70. The van der Waals surface area contributed by atoms with Crippen molar-refractivity contribution in [3.05, 3.63) is 64.1 Å². The number of aryl methyl sites for hydroxylation is 2. The molecule has 7 heteroatoms. The average molecular weight is 450 g/mol. The quantitative estimate of drug-likeness (QED) is 0.582. The Bertz CT molecular complexity index is 1130. The summed E-state index contributed by atoms with van der Waals surface area (Å²) in [6, 6.07) is 8.57. The molecule has 0 unspecified atom stereocenters. The molecule has 3 aromatic rings. The van der Waals surface area contributed by atoms with Crippen LogP contribution in [-0.4, -0.2) is 47.8 Å². The molecule has 5 rings (SSSR count). The van der Waals surface area contributed by atoms with Gasteiger partial charge in [0.1, 0.15) is 11.6 Å². The maximum atomic E-state index is 6.52. The highest BCUT2D eigenvalue weighted by Crippen LogP contribution is 2.33. The van der Waals surface area contributed by atoms with Gasteiger partial charge < -0.3 is 14.5 Å². The molecule has 0 saturated carbocycles. The van der Waals surface area contributed by atoms with Crippen molar-refractivity contribution in [3.8, 4) is 11.3 Å². The van der Waals surface area contributed by atoms with E-state index in [1.807, 2.05) is 6.20 Å². The molecule has 3 aromatic heterocycles. The van der Waals surface area contributed by atoms with Crippen LogP contribution in [0, 0.1) is 13.8 Å². The molecule has 0 aromatic carbocycles. The van der Waals surface area contributed by atoms with E-state index in [1.54, 1.807) is 6.20 Å².